The number of thioether (sulfide) groups is 1. The van der Waals surface area contributed by atoms with Gasteiger partial charge in [-0.15, -0.1) is 0 Å². The Labute approximate surface area is 149 Å². The Balaban J connectivity index is 2.34. The van der Waals surface area contributed by atoms with Crippen molar-refractivity contribution >= 4 is 23.4 Å². The van der Waals surface area contributed by atoms with Gasteiger partial charge in [0.15, 0.2) is 5.41 Å². The van der Waals surface area contributed by atoms with Gasteiger partial charge >= 0.3 is 0 Å². The van der Waals surface area contributed by atoms with Crippen molar-refractivity contribution in [1.82, 2.24) is 0 Å². The average Bonchev–Trinajstić information content (AvgIpc) is 2.61. The fourth-order valence-electron chi connectivity index (χ4n) is 3.56. The van der Waals surface area contributed by atoms with E-state index in [1.54, 1.807) is 30.0 Å². The van der Waals surface area contributed by atoms with Crippen LogP contribution in [-0.4, -0.2) is 11.5 Å². The van der Waals surface area contributed by atoms with Crippen LogP contribution in [0.15, 0.2) is 47.2 Å². The summed E-state index contributed by atoms with van der Waals surface area (Å²) >= 11 is 7.85. The fraction of sp³-hybridized carbons (Fsp3) is 0.278. The van der Waals surface area contributed by atoms with E-state index in [0.717, 1.165) is 22.6 Å². The predicted molar refractivity (Wildman–Crippen MR) is 93.6 cm³/mol. The molecule has 0 saturated heterocycles. The molecule has 2 unspecified atom stereocenters. The van der Waals surface area contributed by atoms with Gasteiger partial charge in [-0.05, 0) is 23.3 Å². The molecule has 0 aromatic heterocycles. The van der Waals surface area contributed by atoms with Gasteiger partial charge in [0.05, 0.1) is 23.4 Å². The van der Waals surface area contributed by atoms with E-state index in [9.17, 15) is 15.8 Å². The van der Waals surface area contributed by atoms with Crippen molar-refractivity contribution in [3.05, 3.63) is 57.8 Å². The highest BCUT2D eigenvalue weighted by atomic mass is 35.5. The lowest BCUT2D eigenvalue weighted by atomic mass is 9.59. The molecule has 24 heavy (non-hydrogen) atoms. The summed E-state index contributed by atoms with van der Waals surface area (Å²) in [6.07, 6.45) is 1.99. The van der Waals surface area contributed by atoms with Crippen LogP contribution < -0.4 is 5.73 Å². The van der Waals surface area contributed by atoms with Crippen LogP contribution in [0.25, 0.3) is 0 Å². The number of fused-ring (bicyclic) bond motifs is 1. The van der Waals surface area contributed by atoms with E-state index in [1.807, 2.05) is 12.1 Å². The molecule has 1 aromatic rings. The van der Waals surface area contributed by atoms with Gasteiger partial charge in [-0.3, -0.25) is 0 Å². The molecule has 1 aliphatic heterocycles. The molecule has 6 heteroatoms. The lowest BCUT2D eigenvalue weighted by Crippen LogP contribution is -2.43. The van der Waals surface area contributed by atoms with Gasteiger partial charge in [0, 0.05) is 28.4 Å². The molecule has 0 saturated carbocycles. The van der Waals surface area contributed by atoms with Crippen molar-refractivity contribution in [2.45, 2.75) is 5.92 Å². The number of benzene rings is 1. The Hall–Kier alpha value is -2.39. The molecule has 0 bridgehead atoms. The second-order valence-corrected chi connectivity index (χ2v) is 7.28. The summed E-state index contributed by atoms with van der Waals surface area (Å²) in [5.74, 6) is 0.941. The summed E-state index contributed by atoms with van der Waals surface area (Å²) in [5, 5.41) is 29.8. The minimum Gasteiger partial charge on any atom is -0.399 e. The maximum Gasteiger partial charge on any atom is 0.191 e. The third-order valence-corrected chi connectivity index (χ3v) is 5.87. The minimum absolute atomic E-state index is 0.0503. The number of rotatable bonds is 1. The molecule has 1 aliphatic carbocycles. The van der Waals surface area contributed by atoms with Gasteiger partial charge in [-0.2, -0.15) is 27.5 Å². The van der Waals surface area contributed by atoms with E-state index in [0.29, 0.717) is 5.02 Å². The van der Waals surface area contributed by atoms with Crippen LogP contribution in [-0.2, 0) is 0 Å². The van der Waals surface area contributed by atoms with Crippen molar-refractivity contribution in [1.29, 1.82) is 15.8 Å². The zero-order valence-electron chi connectivity index (χ0n) is 12.7. The highest BCUT2D eigenvalue weighted by molar-refractivity contribution is 7.99. The minimum atomic E-state index is -1.57. The van der Waals surface area contributed by atoms with Crippen LogP contribution in [0.5, 0.6) is 0 Å². The van der Waals surface area contributed by atoms with Crippen LogP contribution in [0.2, 0.25) is 5.02 Å². The van der Waals surface area contributed by atoms with Crippen LogP contribution in [0.4, 0.5) is 0 Å². The average molecular weight is 353 g/mol. The highest BCUT2D eigenvalue weighted by Gasteiger charge is 2.53. The molecule has 1 heterocycles. The fourth-order valence-corrected chi connectivity index (χ4v) is 4.82. The summed E-state index contributed by atoms with van der Waals surface area (Å²) < 4.78 is 0. The summed E-state index contributed by atoms with van der Waals surface area (Å²) in [6, 6.07) is 13.5. The number of nitrogens with two attached hydrogens (primary N) is 1. The molecule has 1 aromatic carbocycles. The Kier molecular flexibility index (Phi) is 4.29. The van der Waals surface area contributed by atoms with E-state index >= 15 is 0 Å². The lowest BCUT2D eigenvalue weighted by Gasteiger charge is -2.43. The van der Waals surface area contributed by atoms with Crippen molar-refractivity contribution in [3.8, 4) is 18.2 Å². The molecule has 2 aliphatic rings. The van der Waals surface area contributed by atoms with Crippen LogP contribution >= 0.6 is 23.4 Å². The summed E-state index contributed by atoms with van der Waals surface area (Å²) in [4.78, 5) is 0. The number of nitriles is 3. The molecule has 118 valence electrons. The Morgan fingerprint density at radius 2 is 2.00 bits per heavy atom. The molecule has 4 nitrogen and oxygen atoms in total. The topological polar surface area (TPSA) is 97.4 Å². The molecule has 0 radical (unpaired) electrons. The van der Waals surface area contributed by atoms with Crippen molar-refractivity contribution in [2.24, 2.45) is 17.1 Å². The Morgan fingerprint density at radius 1 is 1.25 bits per heavy atom. The molecule has 0 fully saturated rings. The number of hydrogen-bond acceptors (Lipinski definition) is 5. The number of hydrogen-bond donors (Lipinski definition) is 1. The van der Waals surface area contributed by atoms with E-state index in [2.05, 4.69) is 18.2 Å². The van der Waals surface area contributed by atoms with Gasteiger partial charge < -0.3 is 5.73 Å². The van der Waals surface area contributed by atoms with E-state index in [4.69, 9.17) is 17.3 Å². The number of halogens is 1. The second kappa shape index (κ2) is 6.25. The maximum atomic E-state index is 9.86. The van der Waals surface area contributed by atoms with Crippen molar-refractivity contribution in [3.63, 3.8) is 0 Å². The normalized spacial score (nSPS) is 24.8. The highest BCUT2D eigenvalue weighted by Crippen LogP contribution is 2.55. The first-order valence-corrected chi connectivity index (χ1v) is 8.88. The first-order chi connectivity index (χ1) is 11.6. The Bertz CT molecular complexity index is 868. The SMILES string of the molecule is N#CC1=C(N)C(C#N)(C#N)C(c2cccc(Cl)c2)C2CSCC=C12. The van der Waals surface area contributed by atoms with Crippen molar-refractivity contribution < 1.29 is 0 Å². The van der Waals surface area contributed by atoms with Gasteiger partial charge in [-0.1, -0.05) is 29.8 Å². The molecule has 2 N–H and O–H groups in total. The maximum absolute atomic E-state index is 9.86. The summed E-state index contributed by atoms with van der Waals surface area (Å²) in [7, 11) is 0. The van der Waals surface area contributed by atoms with Gasteiger partial charge in [0.25, 0.3) is 0 Å². The molecular weight excluding hydrogens is 340 g/mol. The van der Waals surface area contributed by atoms with Gasteiger partial charge in [-0.25, -0.2) is 0 Å². The van der Waals surface area contributed by atoms with E-state index in [-0.39, 0.29) is 17.2 Å². The van der Waals surface area contributed by atoms with E-state index in [1.165, 1.54) is 0 Å². The number of nitrogens with zero attached hydrogens (tertiary/aromatic N) is 3. The summed E-state index contributed by atoms with van der Waals surface area (Å²) in [6.45, 7) is 0. The zero-order valence-corrected chi connectivity index (χ0v) is 14.2. The second-order valence-electron chi connectivity index (χ2n) is 5.77. The molecule has 0 amide bonds. The van der Waals surface area contributed by atoms with Crippen LogP contribution in [0, 0.1) is 45.3 Å². The first-order valence-electron chi connectivity index (χ1n) is 7.35. The quantitative estimate of drug-likeness (QED) is 0.834. The van der Waals surface area contributed by atoms with Crippen molar-refractivity contribution in [2.75, 3.05) is 11.5 Å². The van der Waals surface area contributed by atoms with Gasteiger partial charge in [0.2, 0.25) is 0 Å². The third-order valence-electron chi connectivity index (χ3n) is 4.64. The molecule has 3 rings (SSSR count). The zero-order chi connectivity index (χ0) is 17.3. The third kappa shape index (κ3) is 2.28. The summed E-state index contributed by atoms with van der Waals surface area (Å²) in [5.41, 5.74) is 6.59. The molecule has 2 atom stereocenters. The molecular formula is C18H13ClN4S. The predicted octanol–water partition coefficient (Wildman–Crippen LogP) is 3.50. The van der Waals surface area contributed by atoms with E-state index < -0.39 is 11.3 Å². The number of allylic oxidation sites excluding steroid dienone is 3. The Morgan fingerprint density at radius 3 is 2.62 bits per heavy atom. The standard InChI is InChI=1S/C18H13ClN4S/c19-12-3-1-2-11(6-12)16-15-8-24-5-4-13(15)14(7-20)17(23)18(16,9-21)10-22/h1-4,6,15-16H,5,8,23H2. The van der Waals surface area contributed by atoms with Crippen LogP contribution in [0.3, 0.4) is 0 Å². The monoisotopic (exact) mass is 352 g/mol. The van der Waals surface area contributed by atoms with Crippen LogP contribution in [0.1, 0.15) is 11.5 Å². The molecule has 0 spiro atoms. The smallest absolute Gasteiger partial charge is 0.191 e. The largest absolute Gasteiger partial charge is 0.399 e. The van der Waals surface area contributed by atoms with Gasteiger partial charge in [0.1, 0.15) is 6.07 Å². The first kappa shape index (κ1) is 16.5. The lowest BCUT2D eigenvalue weighted by molar-refractivity contribution is 0.368.